The first-order chi connectivity index (χ1) is 13.3. The van der Waals surface area contributed by atoms with Gasteiger partial charge in [0.05, 0.1) is 5.54 Å². The SMILES string of the molecule is O=C(c1nccs1)N1CCN(C2(c3ccc4ccccc4c3)CNC2)CC1. The molecule has 27 heavy (non-hydrogen) atoms. The summed E-state index contributed by atoms with van der Waals surface area (Å²) in [6.07, 6.45) is 1.70. The predicted molar refractivity (Wildman–Crippen MR) is 108 cm³/mol. The Hall–Kier alpha value is -2.28. The van der Waals surface area contributed by atoms with Gasteiger partial charge in [0.25, 0.3) is 5.91 Å². The van der Waals surface area contributed by atoms with Crippen LogP contribution in [0.1, 0.15) is 15.4 Å². The number of hydrogen-bond donors (Lipinski definition) is 1. The van der Waals surface area contributed by atoms with Gasteiger partial charge in [0.2, 0.25) is 0 Å². The normalized spacial score (nSPS) is 19.8. The second-order valence-electron chi connectivity index (χ2n) is 7.31. The van der Waals surface area contributed by atoms with E-state index in [1.54, 1.807) is 6.20 Å². The van der Waals surface area contributed by atoms with Gasteiger partial charge in [0, 0.05) is 50.8 Å². The van der Waals surface area contributed by atoms with E-state index in [0.717, 1.165) is 39.3 Å². The molecule has 2 aromatic carbocycles. The molecule has 1 N–H and O–H groups in total. The number of thiazole rings is 1. The van der Waals surface area contributed by atoms with Gasteiger partial charge in [-0.1, -0.05) is 36.4 Å². The quantitative estimate of drug-likeness (QED) is 0.761. The highest BCUT2D eigenvalue weighted by molar-refractivity contribution is 7.11. The van der Waals surface area contributed by atoms with Crippen molar-refractivity contribution in [1.29, 1.82) is 0 Å². The zero-order valence-corrected chi connectivity index (χ0v) is 15.9. The number of hydrogen-bond acceptors (Lipinski definition) is 5. The van der Waals surface area contributed by atoms with Gasteiger partial charge in [-0.05, 0) is 22.4 Å². The largest absolute Gasteiger partial charge is 0.334 e. The number of rotatable bonds is 3. The molecule has 2 fully saturated rings. The summed E-state index contributed by atoms with van der Waals surface area (Å²) in [4.78, 5) is 21.2. The molecule has 0 spiro atoms. The molecule has 0 bridgehead atoms. The topological polar surface area (TPSA) is 48.5 Å². The predicted octanol–water partition coefficient (Wildman–Crippen LogP) is 2.55. The maximum absolute atomic E-state index is 12.6. The summed E-state index contributed by atoms with van der Waals surface area (Å²) in [5.41, 5.74) is 1.42. The fraction of sp³-hybridized carbons (Fsp3) is 0.333. The van der Waals surface area contributed by atoms with Crippen molar-refractivity contribution in [3.05, 3.63) is 64.6 Å². The van der Waals surface area contributed by atoms with Gasteiger partial charge in [-0.2, -0.15) is 0 Å². The van der Waals surface area contributed by atoms with Crippen LogP contribution in [0.4, 0.5) is 0 Å². The first-order valence-corrected chi connectivity index (χ1v) is 10.3. The smallest absolute Gasteiger partial charge is 0.282 e. The van der Waals surface area contributed by atoms with Crippen molar-refractivity contribution >= 4 is 28.0 Å². The summed E-state index contributed by atoms with van der Waals surface area (Å²) in [7, 11) is 0. The minimum absolute atomic E-state index is 0.0420. The number of fused-ring (bicyclic) bond motifs is 1. The Kier molecular flexibility index (Phi) is 4.19. The average molecular weight is 379 g/mol. The molecule has 2 aliphatic rings. The number of nitrogens with one attached hydrogen (secondary N) is 1. The van der Waals surface area contributed by atoms with Crippen LogP contribution in [0.2, 0.25) is 0 Å². The molecular weight excluding hydrogens is 356 g/mol. The van der Waals surface area contributed by atoms with E-state index in [9.17, 15) is 4.79 Å². The van der Waals surface area contributed by atoms with Crippen molar-refractivity contribution < 1.29 is 4.79 Å². The molecule has 3 heterocycles. The molecule has 3 aromatic rings. The molecule has 6 heteroatoms. The highest BCUT2D eigenvalue weighted by atomic mass is 32.1. The van der Waals surface area contributed by atoms with E-state index in [1.165, 1.54) is 27.7 Å². The summed E-state index contributed by atoms with van der Waals surface area (Å²) in [6.45, 7) is 5.23. The van der Waals surface area contributed by atoms with Crippen LogP contribution in [0.15, 0.2) is 54.0 Å². The molecular formula is C21H22N4OS. The monoisotopic (exact) mass is 378 g/mol. The molecule has 0 radical (unpaired) electrons. The third-order valence-electron chi connectivity index (χ3n) is 5.91. The van der Waals surface area contributed by atoms with Crippen LogP contribution in [0.5, 0.6) is 0 Å². The van der Waals surface area contributed by atoms with E-state index >= 15 is 0 Å². The van der Waals surface area contributed by atoms with Crippen molar-refractivity contribution in [2.45, 2.75) is 5.54 Å². The van der Waals surface area contributed by atoms with E-state index in [4.69, 9.17) is 0 Å². The Labute approximate surface area is 162 Å². The number of nitrogens with zero attached hydrogens (tertiary/aromatic N) is 3. The first-order valence-electron chi connectivity index (χ1n) is 9.40. The summed E-state index contributed by atoms with van der Waals surface area (Å²) in [5, 5.41) is 8.50. The molecule has 0 unspecified atom stereocenters. The number of benzene rings is 2. The average Bonchev–Trinajstić information content (AvgIpc) is 3.22. The van der Waals surface area contributed by atoms with Crippen LogP contribution in [0.3, 0.4) is 0 Å². The third kappa shape index (κ3) is 2.84. The molecule has 0 atom stereocenters. The lowest BCUT2D eigenvalue weighted by molar-refractivity contribution is -0.00287. The Morgan fingerprint density at radius 2 is 1.81 bits per heavy atom. The molecule has 2 saturated heterocycles. The second kappa shape index (κ2) is 6.71. The van der Waals surface area contributed by atoms with Crippen molar-refractivity contribution in [2.75, 3.05) is 39.3 Å². The van der Waals surface area contributed by atoms with Gasteiger partial charge >= 0.3 is 0 Å². The molecule has 5 nitrogen and oxygen atoms in total. The van der Waals surface area contributed by atoms with Gasteiger partial charge in [-0.25, -0.2) is 4.98 Å². The lowest BCUT2D eigenvalue weighted by atomic mass is 9.81. The molecule has 0 saturated carbocycles. The summed E-state index contributed by atoms with van der Waals surface area (Å²) >= 11 is 1.42. The van der Waals surface area contributed by atoms with Crippen molar-refractivity contribution in [2.24, 2.45) is 0 Å². The maximum atomic E-state index is 12.6. The second-order valence-corrected chi connectivity index (χ2v) is 8.21. The Bertz CT molecular complexity index is 959. The van der Waals surface area contributed by atoms with Gasteiger partial charge in [-0.15, -0.1) is 11.3 Å². The van der Waals surface area contributed by atoms with E-state index in [0.29, 0.717) is 5.01 Å². The van der Waals surface area contributed by atoms with Crippen molar-refractivity contribution in [3.63, 3.8) is 0 Å². The minimum atomic E-state index is 0.0420. The Morgan fingerprint density at radius 3 is 2.48 bits per heavy atom. The van der Waals surface area contributed by atoms with E-state index in [1.807, 2.05) is 10.3 Å². The van der Waals surface area contributed by atoms with E-state index in [2.05, 4.69) is 57.7 Å². The van der Waals surface area contributed by atoms with Crippen LogP contribution in [0.25, 0.3) is 10.8 Å². The standard InChI is InChI=1S/C21H22N4OS/c26-20(19-23-7-12-27-19)24-8-10-25(11-9-24)21(14-22-15-21)18-6-5-16-3-1-2-4-17(16)13-18/h1-7,12-13,22H,8-11,14-15H2. The van der Waals surface area contributed by atoms with Crippen LogP contribution >= 0.6 is 11.3 Å². The fourth-order valence-corrected chi connectivity index (χ4v) is 4.86. The summed E-state index contributed by atoms with van der Waals surface area (Å²) in [5.74, 6) is 0.0659. The Morgan fingerprint density at radius 1 is 1.04 bits per heavy atom. The minimum Gasteiger partial charge on any atom is -0.334 e. The van der Waals surface area contributed by atoms with Crippen molar-refractivity contribution in [1.82, 2.24) is 20.1 Å². The number of carbonyl (C=O) groups excluding carboxylic acids is 1. The van der Waals surface area contributed by atoms with Crippen LogP contribution in [0, 0.1) is 0 Å². The first kappa shape index (κ1) is 16.9. The lowest BCUT2D eigenvalue weighted by Crippen LogP contribution is -2.69. The van der Waals surface area contributed by atoms with Crippen LogP contribution in [-0.4, -0.2) is 60.0 Å². The zero-order valence-electron chi connectivity index (χ0n) is 15.1. The van der Waals surface area contributed by atoms with E-state index in [-0.39, 0.29) is 11.4 Å². The van der Waals surface area contributed by atoms with Gasteiger partial charge in [0.1, 0.15) is 0 Å². The van der Waals surface area contributed by atoms with Gasteiger partial charge in [-0.3, -0.25) is 9.69 Å². The number of aromatic nitrogens is 1. The number of amides is 1. The molecule has 2 aliphatic heterocycles. The molecule has 0 aliphatic carbocycles. The fourth-order valence-electron chi connectivity index (χ4n) is 4.25. The summed E-state index contributed by atoms with van der Waals surface area (Å²) < 4.78 is 0. The number of carbonyl (C=O) groups is 1. The number of piperazine rings is 1. The Balaban J connectivity index is 1.36. The highest BCUT2D eigenvalue weighted by Gasteiger charge is 2.45. The van der Waals surface area contributed by atoms with Gasteiger partial charge < -0.3 is 10.2 Å². The molecule has 138 valence electrons. The van der Waals surface area contributed by atoms with Crippen LogP contribution in [-0.2, 0) is 5.54 Å². The van der Waals surface area contributed by atoms with Crippen LogP contribution < -0.4 is 5.32 Å². The maximum Gasteiger partial charge on any atom is 0.282 e. The van der Waals surface area contributed by atoms with Gasteiger partial charge in [0.15, 0.2) is 5.01 Å². The zero-order chi connectivity index (χ0) is 18.3. The third-order valence-corrected chi connectivity index (χ3v) is 6.67. The summed E-state index contributed by atoms with van der Waals surface area (Å²) in [6, 6.07) is 15.4. The molecule has 1 amide bonds. The van der Waals surface area contributed by atoms with E-state index < -0.39 is 0 Å². The molecule has 5 rings (SSSR count). The highest BCUT2D eigenvalue weighted by Crippen LogP contribution is 2.35. The molecule has 1 aromatic heterocycles. The lowest BCUT2D eigenvalue weighted by Gasteiger charge is -2.53. The van der Waals surface area contributed by atoms with Crippen molar-refractivity contribution in [3.8, 4) is 0 Å².